The molecule has 0 saturated carbocycles. The molecular formula is C13H23N3O. The van der Waals surface area contributed by atoms with E-state index in [4.69, 9.17) is 4.74 Å². The number of rotatable bonds is 5. The second kappa shape index (κ2) is 6.07. The Morgan fingerprint density at radius 1 is 1.29 bits per heavy atom. The van der Waals surface area contributed by atoms with Gasteiger partial charge in [-0.15, -0.1) is 0 Å². The van der Waals surface area contributed by atoms with Crippen LogP contribution in [-0.2, 0) is 11.3 Å². The van der Waals surface area contributed by atoms with Gasteiger partial charge in [-0.1, -0.05) is 6.92 Å². The normalized spacial score (nSPS) is 13.7. The van der Waals surface area contributed by atoms with Crippen LogP contribution < -0.4 is 5.32 Å². The van der Waals surface area contributed by atoms with Gasteiger partial charge in [-0.3, -0.25) is 0 Å². The van der Waals surface area contributed by atoms with Gasteiger partial charge in [-0.2, -0.15) is 0 Å². The molecule has 96 valence electrons. The van der Waals surface area contributed by atoms with Gasteiger partial charge in [0.1, 0.15) is 6.10 Å². The molecule has 1 unspecified atom stereocenters. The first-order valence-corrected chi connectivity index (χ1v) is 6.05. The van der Waals surface area contributed by atoms with Crippen molar-refractivity contribution < 1.29 is 4.74 Å². The zero-order valence-corrected chi connectivity index (χ0v) is 11.4. The maximum Gasteiger partial charge on any atom is 0.157 e. The Morgan fingerprint density at radius 2 is 1.88 bits per heavy atom. The van der Waals surface area contributed by atoms with Gasteiger partial charge in [0.2, 0.25) is 0 Å². The maximum atomic E-state index is 5.30. The van der Waals surface area contributed by atoms with E-state index in [1.807, 2.05) is 12.4 Å². The highest BCUT2D eigenvalue weighted by molar-refractivity contribution is 5.06. The molecule has 1 rings (SSSR count). The van der Waals surface area contributed by atoms with Gasteiger partial charge in [-0.25, -0.2) is 9.97 Å². The second-order valence-electron chi connectivity index (χ2n) is 5.19. The van der Waals surface area contributed by atoms with Crippen LogP contribution in [0, 0.1) is 0 Å². The molecule has 0 aromatic carbocycles. The third-order valence-corrected chi connectivity index (χ3v) is 2.49. The van der Waals surface area contributed by atoms with Crippen molar-refractivity contribution in [3.63, 3.8) is 0 Å². The van der Waals surface area contributed by atoms with E-state index in [2.05, 4.69) is 43.0 Å². The lowest BCUT2D eigenvalue weighted by atomic mass is 10.1. The van der Waals surface area contributed by atoms with Crippen molar-refractivity contribution >= 4 is 0 Å². The molecule has 0 aliphatic heterocycles. The lowest BCUT2D eigenvalue weighted by Crippen LogP contribution is -2.35. The molecule has 17 heavy (non-hydrogen) atoms. The number of nitrogens with zero attached hydrogens (tertiary/aromatic N) is 2. The Hall–Kier alpha value is -1.00. The molecular weight excluding hydrogens is 214 g/mol. The van der Waals surface area contributed by atoms with Crippen molar-refractivity contribution in [1.82, 2.24) is 15.3 Å². The van der Waals surface area contributed by atoms with Crippen LogP contribution >= 0.6 is 0 Å². The molecule has 0 aliphatic carbocycles. The fraction of sp³-hybridized carbons (Fsp3) is 0.692. The first-order chi connectivity index (χ1) is 7.96. The Labute approximate surface area is 104 Å². The summed E-state index contributed by atoms with van der Waals surface area (Å²) in [6.07, 6.45) is 4.61. The molecule has 0 fully saturated rings. The minimum Gasteiger partial charge on any atom is -0.373 e. The predicted octanol–water partition coefficient (Wildman–Crippen LogP) is 2.46. The Morgan fingerprint density at radius 3 is 2.29 bits per heavy atom. The lowest BCUT2D eigenvalue weighted by Gasteiger charge is -2.20. The summed E-state index contributed by atoms with van der Waals surface area (Å²) in [4.78, 5) is 8.69. The van der Waals surface area contributed by atoms with Crippen molar-refractivity contribution in [3.05, 3.63) is 23.8 Å². The minimum absolute atomic E-state index is 0.000347. The second-order valence-corrected chi connectivity index (χ2v) is 5.19. The highest BCUT2D eigenvalue weighted by atomic mass is 16.5. The number of hydrogen-bond donors (Lipinski definition) is 1. The Bertz CT molecular complexity index is 326. The topological polar surface area (TPSA) is 47.0 Å². The van der Waals surface area contributed by atoms with E-state index in [0.29, 0.717) is 0 Å². The summed E-state index contributed by atoms with van der Waals surface area (Å²) in [7, 11) is 1.69. The van der Waals surface area contributed by atoms with Gasteiger partial charge in [0.15, 0.2) is 5.82 Å². The summed E-state index contributed by atoms with van der Waals surface area (Å²) < 4.78 is 5.30. The molecule has 4 heteroatoms. The van der Waals surface area contributed by atoms with Gasteiger partial charge in [-0.05, 0) is 27.2 Å². The quantitative estimate of drug-likeness (QED) is 0.854. The van der Waals surface area contributed by atoms with Crippen LogP contribution in [0.3, 0.4) is 0 Å². The van der Waals surface area contributed by atoms with Crippen molar-refractivity contribution in [2.24, 2.45) is 0 Å². The van der Waals surface area contributed by atoms with E-state index < -0.39 is 0 Å². The van der Waals surface area contributed by atoms with E-state index in [1.165, 1.54) is 0 Å². The molecule has 1 aromatic heterocycles. The number of aromatic nitrogens is 2. The van der Waals surface area contributed by atoms with E-state index in [1.54, 1.807) is 7.11 Å². The molecule has 4 nitrogen and oxygen atoms in total. The summed E-state index contributed by atoms with van der Waals surface area (Å²) in [6.45, 7) is 9.26. The van der Waals surface area contributed by atoms with Gasteiger partial charge in [0.05, 0.1) is 0 Å². The highest BCUT2D eigenvalue weighted by Gasteiger charge is 2.12. The number of methoxy groups -OCH3 is 1. The molecule has 1 aromatic rings. The van der Waals surface area contributed by atoms with Crippen molar-refractivity contribution in [3.8, 4) is 0 Å². The zero-order chi connectivity index (χ0) is 12.9. The van der Waals surface area contributed by atoms with Gasteiger partial charge >= 0.3 is 0 Å². The molecule has 1 atom stereocenters. The molecule has 1 heterocycles. The smallest absolute Gasteiger partial charge is 0.157 e. The first kappa shape index (κ1) is 14.1. The molecule has 0 spiro atoms. The van der Waals surface area contributed by atoms with Crippen LogP contribution in [0.15, 0.2) is 12.4 Å². The Balaban J connectivity index is 2.62. The Kier molecular flexibility index (Phi) is 5.02. The van der Waals surface area contributed by atoms with E-state index >= 15 is 0 Å². The molecule has 0 radical (unpaired) electrons. The van der Waals surface area contributed by atoms with Crippen molar-refractivity contribution in [2.75, 3.05) is 7.11 Å². The van der Waals surface area contributed by atoms with Crippen LogP contribution in [0.1, 0.15) is 51.6 Å². The summed E-state index contributed by atoms with van der Waals surface area (Å²) in [6, 6.07) is 0. The monoisotopic (exact) mass is 237 g/mol. The number of nitrogens with one attached hydrogen (secondary N) is 1. The lowest BCUT2D eigenvalue weighted by molar-refractivity contribution is 0.0925. The van der Waals surface area contributed by atoms with E-state index in [0.717, 1.165) is 24.4 Å². The molecule has 0 amide bonds. The summed E-state index contributed by atoms with van der Waals surface area (Å²) in [5, 5.41) is 3.40. The van der Waals surface area contributed by atoms with Crippen molar-refractivity contribution in [2.45, 2.75) is 52.3 Å². The third-order valence-electron chi connectivity index (χ3n) is 2.49. The minimum atomic E-state index is -0.000347. The van der Waals surface area contributed by atoms with Gasteiger partial charge in [0, 0.05) is 37.2 Å². The molecule has 0 aliphatic rings. The summed E-state index contributed by atoms with van der Waals surface area (Å²) in [5.74, 6) is 0.759. The van der Waals surface area contributed by atoms with Crippen LogP contribution in [0.4, 0.5) is 0 Å². The molecule has 0 bridgehead atoms. The van der Waals surface area contributed by atoms with E-state index in [9.17, 15) is 0 Å². The average Bonchev–Trinajstić information content (AvgIpc) is 2.29. The predicted molar refractivity (Wildman–Crippen MR) is 68.7 cm³/mol. The zero-order valence-electron chi connectivity index (χ0n) is 11.4. The van der Waals surface area contributed by atoms with Crippen LogP contribution in [0.5, 0.6) is 0 Å². The third kappa shape index (κ3) is 4.79. The first-order valence-electron chi connectivity index (χ1n) is 6.05. The van der Waals surface area contributed by atoms with Crippen LogP contribution in [0.25, 0.3) is 0 Å². The van der Waals surface area contributed by atoms with Crippen LogP contribution in [-0.4, -0.2) is 22.6 Å². The van der Waals surface area contributed by atoms with Crippen molar-refractivity contribution in [1.29, 1.82) is 0 Å². The molecule has 1 N–H and O–H groups in total. The SMILES string of the molecule is CCC(OC)c1ncc(CNC(C)(C)C)cn1. The van der Waals surface area contributed by atoms with Gasteiger partial charge in [0.25, 0.3) is 0 Å². The number of ether oxygens (including phenoxy) is 1. The average molecular weight is 237 g/mol. The van der Waals surface area contributed by atoms with Crippen LogP contribution in [0.2, 0.25) is 0 Å². The largest absolute Gasteiger partial charge is 0.373 e. The fourth-order valence-electron chi connectivity index (χ4n) is 1.44. The summed E-state index contributed by atoms with van der Waals surface area (Å²) >= 11 is 0. The fourth-order valence-corrected chi connectivity index (χ4v) is 1.44. The van der Waals surface area contributed by atoms with Gasteiger partial charge < -0.3 is 10.1 Å². The standard InChI is InChI=1S/C13H23N3O/c1-6-11(17-5)12-14-7-10(8-15-12)9-16-13(2,3)4/h7-8,11,16H,6,9H2,1-5H3. The van der Waals surface area contributed by atoms with E-state index in [-0.39, 0.29) is 11.6 Å². The number of hydrogen-bond acceptors (Lipinski definition) is 4. The molecule has 0 saturated heterocycles. The maximum absolute atomic E-state index is 5.30. The highest BCUT2D eigenvalue weighted by Crippen LogP contribution is 2.15. The summed E-state index contributed by atoms with van der Waals surface area (Å²) in [5.41, 5.74) is 1.20.